The number of carbonyl (C=O) groups excluding carboxylic acids is 2. The molecule has 0 radical (unpaired) electrons. The Balaban J connectivity index is 2.64. The minimum atomic E-state index is -0.909. The molecule has 0 heterocycles. The van der Waals surface area contributed by atoms with Gasteiger partial charge in [-0.1, -0.05) is 46.2 Å². The molecule has 30 heavy (non-hydrogen) atoms. The molecular weight excluding hydrogens is 408 g/mol. The first-order valence-corrected chi connectivity index (χ1v) is 10.7. The standard InChI is InChI=1S/C23H33ClO6/c1-14(2)12-20(23(28)30-18-8-6-17(24)7-9-18)16(5)13-29-21(25)11-10-19(15(3)4)22(26)27/h6-9,14-16,19-20H,10-13H2,1-5H3,(H,26,27). The van der Waals surface area contributed by atoms with Gasteiger partial charge in [0.05, 0.1) is 18.4 Å². The zero-order valence-corrected chi connectivity index (χ0v) is 19.1. The van der Waals surface area contributed by atoms with Crippen molar-refractivity contribution >= 4 is 29.5 Å². The maximum atomic E-state index is 12.7. The second-order valence-corrected chi connectivity index (χ2v) is 8.94. The number of carbonyl (C=O) groups is 3. The summed E-state index contributed by atoms with van der Waals surface area (Å²) in [5.41, 5.74) is 0. The summed E-state index contributed by atoms with van der Waals surface area (Å²) >= 11 is 5.86. The number of aliphatic carboxylic acids is 1. The second kappa shape index (κ2) is 12.6. The van der Waals surface area contributed by atoms with Crippen molar-refractivity contribution in [1.82, 2.24) is 0 Å². The third-order valence-corrected chi connectivity index (χ3v) is 5.29. The molecule has 7 heteroatoms. The molecule has 6 nitrogen and oxygen atoms in total. The Labute approximate surface area is 183 Å². The van der Waals surface area contributed by atoms with Gasteiger partial charge in [0.15, 0.2) is 0 Å². The van der Waals surface area contributed by atoms with E-state index in [0.717, 1.165) is 0 Å². The Kier molecular flexibility index (Phi) is 10.9. The van der Waals surface area contributed by atoms with Crippen LogP contribution in [0.4, 0.5) is 0 Å². The molecule has 1 rings (SSSR count). The van der Waals surface area contributed by atoms with Crippen molar-refractivity contribution in [3.05, 3.63) is 29.3 Å². The Morgan fingerprint density at radius 1 is 1.00 bits per heavy atom. The third-order valence-electron chi connectivity index (χ3n) is 5.04. The first-order valence-electron chi connectivity index (χ1n) is 10.4. The van der Waals surface area contributed by atoms with Crippen LogP contribution in [0.5, 0.6) is 5.75 Å². The maximum Gasteiger partial charge on any atom is 0.314 e. The molecule has 0 spiro atoms. The van der Waals surface area contributed by atoms with E-state index >= 15 is 0 Å². The maximum absolute atomic E-state index is 12.7. The Bertz CT molecular complexity index is 698. The molecular formula is C23H33ClO6. The van der Waals surface area contributed by atoms with Gasteiger partial charge >= 0.3 is 17.9 Å². The number of halogens is 1. The van der Waals surface area contributed by atoms with E-state index in [1.807, 2.05) is 34.6 Å². The third kappa shape index (κ3) is 9.16. The van der Waals surface area contributed by atoms with Crippen LogP contribution in [0, 0.1) is 29.6 Å². The predicted molar refractivity (Wildman–Crippen MR) is 115 cm³/mol. The number of hydrogen-bond acceptors (Lipinski definition) is 5. The summed E-state index contributed by atoms with van der Waals surface area (Å²) < 4.78 is 10.8. The van der Waals surface area contributed by atoms with Crippen molar-refractivity contribution in [3.8, 4) is 5.75 Å². The van der Waals surface area contributed by atoms with Crippen LogP contribution in [-0.2, 0) is 19.1 Å². The van der Waals surface area contributed by atoms with Gasteiger partial charge in [-0.2, -0.15) is 0 Å². The lowest BCUT2D eigenvalue weighted by Crippen LogP contribution is -2.31. The van der Waals surface area contributed by atoms with Gasteiger partial charge < -0.3 is 14.6 Å². The lowest BCUT2D eigenvalue weighted by atomic mass is 9.87. The van der Waals surface area contributed by atoms with E-state index in [4.69, 9.17) is 21.1 Å². The summed E-state index contributed by atoms with van der Waals surface area (Å²) in [6.45, 7) is 9.57. The number of esters is 2. The molecule has 0 bridgehead atoms. The molecule has 0 saturated heterocycles. The van der Waals surface area contributed by atoms with E-state index in [2.05, 4.69) is 0 Å². The van der Waals surface area contributed by atoms with Crippen molar-refractivity contribution in [2.24, 2.45) is 29.6 Å². The molecule has 0 aliphatic rings. The van der Waals surface area contributed by atoms with Gasteiger partial charge in [0.1, 0.15) is 5.75 Å². The van der Waals surface area contributed by atoms with Crippen LogP contribution < -0.4 is 4.74 Å². The molecule has 0 saturated carbocycles. The minimum Gasteiger partial charge on any atom is -0.481 e. The van der Waals surface area contributed by atoms with Gasteiger partial charge in [-0.05, 0) is 48.9 Å². The largest absolute Gasteiger partial charge is 0.481 e. The van der Waals surface area contributed by atoms with Crippen molar-refractivity contribution in [1.29, 1.82) is 0 Å². The van der Waals surface area contributed by atoms with E-state index in [1.54, 1.807) is 24.3 Å². The first kappa shape index (κ1) is 26.0. The quantitative estimate of drug-likeness (QED) is 0.353. The van der Waals surface area contributed by atoms with Crippen LogP contribution in [-0.4, -0.2) is 29.6 Å². The van der Waals surface area contributed by atoms with Crippen molar-refractivity contribution < 1.29 is 29.0 Å². The highest BCUT2D eigenvalue weighted by atomic mass is 35.5. The minimum absolute atomic E-state index is 0.0337. The predicted octanol–water partition coefficient (Wildman–Crippen LogP) is 5.22. The molecule has 0 amide bonds. The summed E-state index contributed by atoms with van der Waals surface area (Å²) in [6.07, 6.45) is 0.861. The van der Waals surface area contributed by atoms with Crippen LogP contribution >= 0.6 is 11.6 Å². The molecule has 0 aromatic heterocycles. The van der Waals surface area contributed by atoms with E-state index in [0.29, 0.717) is 17.2 Å². The van der Waals surface area contributed by atoms with E-state index in [1.165, 1.54) is 0 Å². The Morgan fingerprint density at radius 3 is 2.10 bits per heavy atom. The van der Waals surface area contributed by atoms with Crippen molar-refractivity contribution in [2.75, 3.05) is 6.61 Å². The van der Waals surface area contributed by atoms with E-state index < -0.39 is 23.8 Å². The average Bonchev–Trinajstić information content (AvgIpc) is 2.65. The number of carboxylic acid groups (broad SMARTS) is 1. The summed E-state index contributed by atoms with van der Waals surface area (Å²) in [4.78, 5) is 36.1. The zero-order chi connectivity index (χ0) is 22.8. The highest BCUT2D eigenvalue weighted by Gasteiger charge is 2.29. The fraction of sp³-hybridized carbons (Fsp3) is 0.609. The Morgan fingerprint density at radius 2 is 1.60 bits per heavy atom. The van der Waals surface area contributed by atoms with E-state index in [9.17, 15) is 19.5 Å². The molecule has 0 aliphatic carbocycles. The number of carboxylic acids is 1. The first-order chi connectivity index (χ1) is 14.0. The lowest BCUT2D eigenvalue weighted by molar-refractivity contribution is -0.151. The fourth-order valence-electron chi connectivity index (χ4n) is 3.19. The smallest absolute Gasteiger partial charge is 0.314 e. The summed E-state index contributed by atoms with van der Waals surface area (Å²) in [5.74, 6) is -2.39. The van der Waals surface area contributed by atoms with Crippen LogP contribution in [0.1, 0.15) is 53.9 Å². The van der Waals surface area contributed by atoms with E-state index in [-0.39, 0.29) is 43.2 Å². The second-order valence-electron chi connectivity index (χ2n) is 8.50. The molecule has 0 aliphatic heterocycles. The summed E-state index contributed by atoms with van der Waals surface area (Å²) in [7, 11) is 0. The summed E-state index contributed by atoms with van der Waals surface area (Å²) in [5, 5.41) is 9.77. The molecule has 1 aromatic carbocycles. The molecule has 168 valence electrons. The SMILES string of the molecule is CC(C)CC(C(=O)Oc1ccc(Cl)cc1)C(C)COC(=O)CCC(C(=O)O)C(C)C. The molecule has 3 atom stereocenters. The van der Waals surface area contributed by atoms with Gasteiger partial charge in [-0.25, -0.2) is 0 Å². The van der Waals surface area contributed by atoms with Gasteiger partial charge in [-0.15, -0.1) is 0 Å². The normalized spacial score (nSPS) is 14.3. The molecule has 1 N–H and O–H groups in total. The number of rotatable bonds is 12. The lowest BCUT2D eigenvalue weighted by Gasteiger charge is -2.24. The van der Waals surface area contributed by atoms with Crippen LogP contribution in [0.25, 0.3) is 0 Å². The zero-order valence-electron chi connectivity index (χ0n) is 18.4. The average molecular weight is 441 g/mol. The highest BCUT2D eigenvalue weighted by molar-refractivity contribution is 6.30. The topological polar surface area (TPSA) is 89.9 Å². The number of benzene rings is 1. The molecule has 3 unspecified atom stereocenters. The van der Waals surface area contributed by atoms with Crippen LogP contribution in [0.2, 0.25) is 5.02 Å². The summed E-state index contributed by atoms with van der Waals surface area (Å²) in [6, 6.07) is 6.55. The number of ether oxygens (including phenoxy) is 2. The highest BCUT2D eigenvalue weighted by Crippen LogP contribution is 2.25. The van der Waals surface area contributed by atoms with Crippen molar-refractivity contribution in [2.45, 2.75) is 53.9 Å². The monoisotopic (exact) mass is 440 g/mol. The fourth-order valence-corrected chi connectivity index (χ4v) is 3.32. The van der Waals surface area contributed by atoms with Crippen LogP contribution in [0.15, 0.2) is 24.3 Å². The van der Waals surface area contributed by atoms with Crippen LogP contribution in [0.3, 0.4) is 0 Å². The van der Waals surface area contributed by atoms with Gasteiger partial charge in [0, 0.05) is 17.4 Å². The number of hydrogen-bond donors (Lipinski definition) is 1. The Hall–Kier alpha value is -2.08. The molecule has 1 aromatic rings. The molecule has 0 fully saturated rings. The van der Waals surface area contributed by atoms with Gasteiger partial charge in [0.2, 0.25) is 0 Å². The van der Waals surface area contributed by atoms with Crippen molar-refractivity contribution in [3.63, 3.8) is 0 Å². The van der Waals surface area contributed by atoms with Gasteiger partial charge in [-0.3, -0.25) is 14.4 Å². The van der Waals surface area contributed by atoms with Gasteiger partial charge in [0.25, 0.3) is 0 Å².